The molecular formula is C12H12N4S. The minimum absolute atomic E-state index is 0.710. The highest BCUT2D eigenvalue weighted by Crippen LogP contribution is 2.16. The number of anilines is 1. The molecule has 3 aromatic rings. The summed E-state index contributed by atoms with van der Waals surface area (Å²) in [6.07, 6.45) is 2.07. The Balaban J connectivity index is 1.81. The van der Waals surface area contributed by atoms with Gasteiger partial charge in [-0.25, -0.2) is 4.98 Å². The lowest BCUT2D eigenvalue weighted by Gasteiger charge is -2.05. The van der Waals surface area contributed by atoms with Gasteiger partial charge in [-0.05, 0) is 24.4 Å². The fraction of sp³-hybridized carbons (Fsp3) is 0.167. The number of aromatic nitrogens is 3. The van der Waals surface area contributed by atoms with Crippen LogP contribution in [0.2, 0.25) is 0 Å². The van der Waals surface area contributed by atoms with E-state index >= 15 is 0 Å². The van der Waals surface area contributed by atoms with Gasteiger partial charge in [0.2, 0.25) is 5.13 Å². The minimum Gasteiger partial charge on any atom is -0.342 e. The summed E-state index contributed by atoms with van der Waals surface area (Å²) in [5.74, 6) is 0.815. The number of nitrogens with zero attached hydrogens (tertiary/aromatic N) is 3. The zero-order valence-electron chi connectivity index (χ0n) is 9.42. The highest BCUT2D eigenvalue weighted by atomic mass is 32.1. The van der Waals surface area contributed by atoms with E-state index in [4.69, 9.17) is 0 Å². The maximum Gasteiger partial charge on any atom is 0.203 e. The van der Waals surface area contributed by atoms with Gasteiger partial charge in [-0.3, -0.25) is 0 Å². The molecule has 0 bridgehead atoms. The standard InChI is InChI=1S/C12H12N4S/c1-9-14-12(17-15-9)13-8-16-7-6-10-4-2-3-5-11(10)16/h2-7H,8H2,1H3,(H,13,14,15). The van der Waals surface area contributed by atoms with E-state index in [9.17, 15) is 0 Å². The summed E-state index contributed by atoms with van der Waals surface area (Å²) in [6.45, 7) is 2.61. The molecule has 0 saturated carbocycles. The average molecular weight is 244 g/mol. The number of fused-ring (bicyclic) bond motifs is 1. The Morgan fingerprint density at radius 2 is 2.18 bits per heavy atom. The smallest absolute Gasteiger partial charge is 0.203 e. The van der Waals surface area contributed by atoms with Crippen molar-refractivity contribution in [1.82, 2.24) is 13.9 Å². The fourth-order valence-corrected chi connectivity index (χ4v) is 2.36. The first-order valence-corrected chi connectivity index (χ1v) is 6.18. The fourth-order valence-electron chi connectivity index (χ4n) is 1.80. The predicted molar refractivity (Wildman–Crippen MR) is 70.2 cm³/mol. The molecule has 0 atom stereocenters. The van der Waals surface area contributed by atoms with Gasteiger partial charge in [0.05, 0.1) is 6.67 Å². The van der Waals surface area contributed by atoms with Crippen LogP contribution in [-0.4, -0.2) is 13.9 Å². The molecule has 1 N–H and O–H groups in total. The summed E-state index contributed by atoms with van der Waals surface area (Å²) in [5, 5.41) is 5.38. The van der Waals surface area contributed by atoms with Crippen LogP contribution in [0.3, 0.4) is 0 Å². The van der Waals surface area contributed by atoms with Crippen LogP contribution in [0.25, 0.3) is 10.9 Å². The second-order valence-electron chi connectivity index (χ2n) is 3.83. The van der Waals surface area contributed by atoms with Crippen molar-refractivity contribution in [2.24, 2.45) is 0 Å². The lowest BCUT2D eigenvalue weighted by molar-refractivity contribution is 0.809. The number of nitrogens with one attached hydrogen (secondary N) is 1. The number of aryl methyl sites for hydroxylation is 1. The summed E-state index contributed by atoms with van der Waals surface area (Å²) in [4.78, 5) is 4.27. The number of para-hydroxylation sites is 1. The summed E-state index contributed by atoms with van der Waals surface area (Å²) in [5.41, 5.74) is 1.22. The third-order valence-electron chi connectivity index (χ3n) is 2.61. The maximum absolute atomic E-state index is 4.27. The molecule has 0 unspecified atom stereocenters. The van der Waals surface area contributed by atoms with Crippen LogP contribution in [0.5, 0.6) is 0 Å². The van der Waals surface area contributed by atoms with Crippen LogP contribution >= 0.6 is 11.5 Å². The molecule has 0 spiro atoms. The van der Waals surface area contributed by atoms with Gasteiger partial charge in [0.25, 0.3) is 0 Å². The zero-order chi connectivity index (χ0) is 11.7. The van der Waals surface area contributed by atoms with Crippen molar-refractivity contribution < 1.29 is 0 Å². The summed E-state index contributed by atoms with van der Waals surface area (Å²) in [7, 11) is 0. The van der Waals surface area contributed by atoms with Crippen LogP contribution in [0, 0.1) is 6.92 Å². The lowest BCUT2D eigenvalue weighted by Crippen LogP contribution is -2.06. The van der Waals surface area contributed by atoms with Gasteiger partial charge in [-0.2, -0.15) is 4.37 Å². The molecule has 0 aliphatic heterocycles. The Labute approximate surface area is 103 Å². The molecule has 0 aliphatic rings. The van der Waals surface area contributed by atoms with Crippen LogP contribution < -0.4 is 5.32 Å². The molecule has 0 saturated heterocycles. The first-order valence-electron chi connectivity index (χ1n) is 5.41. The van der Waals surface area contributed by atoms with Crippen molar-refractivity contribution in [3.8, 4) is 0 Å². The van der Waals surface area contributed by atoms with Crippen molar-refractivity contribution in [2.75, 3.05) is 5.32 Å². The number of rotatable bonds is 3. The molecule has 0 fully saturated rings. The Hall–Kier alpha value is -1.88. The molecule has 5 heteroatoms. The molecule has 17 heavy (non-hydrogen) atoms. The molecule has 1 aromatic carbocycles. The van der Waals surface area contributed by atoms with Gasteiger partial charge in [-0.15, -0.1) is 0 Å². The Bertz CT molecular complexity index is 641. The summed E-state index contributed by atoms with van der Waals surface area (Å²) in [6, 6.07) is 10.4. The van der Waals surface area contributed by atoms with E-state index in [2.05, 4.69) is 43.6 Å². The SMILES string of the molecule is Cc1nsc(NCn2ccc3ccccc32)n1. The molecule has 4 nitrogen and oxygen atoms in total. The van der Waals surface area contributed by atoms with Crippen LogP contribution in [0.15, 0.2) is 36.5 Å². The largest absolute Gasteiger partial charge is 0.342 e. The number of hydrogen-bond acceptors (Lipinski definition) is 4. The van der Waals surface area contributed by atoms with E-state index in [1.165, 1.54) is 22.4 Å². The number of benzene rings is 1. The zero-order valence-corrected chi connectivity index (χ0v) is 10.2. The normalized spacial score (nSPS) is 10.9. The van der Waals surface area contributed by atoms with E-state index in [0.717, 1.165) is 11.0 Å². The Morgan fingerprint density at radius 1 is 1.29 bits per heavy atom. The van der Waals surface area contributed by atoms with Crippen LogP contribution in [0.4, 0.5) is 5.13 Å². The number of hydrogen-bond donors (Lipinski definition) is 1. The molecule has 0 amide bonds. The summed E-state index contributed by atoms with van der Waals surface area (Å²) >= 11 is 1.39. The molecule has 2 heterocycles. The molecule has 3 rings (SSSR count). The average Bonchev–Trinajstić information content (AvgIpc) is 2.93. The van der Waals surface area contributed by atoms with E-state index in [1.54, 1.807) is 0 Å². The van der Waals surface area contributed by atoms with E-state index in [-0.39, 0.29) is 0 Å². The predicted octanol–water partition coefficient (Wildman–Crippen LogP) is 2.87. The molecule has 86 valence electrons. The lowest BCUT2D eigenvalue weighted by atomic mass is 10.2. The van der Waals surface area contributed by atoms with Crippen LogP contribution in [-0.2, 0) is 6.67 Å². The topological polar surface area (TPSA) is 42.7 Å². The Kier molecular flexibility index (Phi) is 2.53. The Morgan fingerprint density at radius 3 is 3.00 bits per heavy atom. The second-order valence-corrected chi connectivity index (χ2v) is 4.58. The van der Waals surface area contributed by atoms with Gasteiger partial charge >= 0.3 is 0 Å². The van der Waals surface area contributed by atoms with E-state index in [1.807, 2.05) is 19.1 Å². The van der Waals surface area contributed by atoms with E-state index in [0.29, 0.717) is 6.67 Å². The van der Waals surface area contributed by atoms with Crippen molar-refractivity contribution in [3.63, 3.8) is 0 Å². The monoisotopic (exact) mass is 244 g/mol. The van der Waals surface area contributed by atoms with Crippen molar-refractivity contribution in [1.29, 1.82) is 0 Å². The first kappa shape index (κ1) is 10.3. The minimum atomic E-state index is 0.710. The third kappa shape index (κ3) is 2.01. The van der Waals surface area contributed by atoms with Crippen molar-refractivity contribution >= 4 is 27.6 Å². The molecule has 2 aromatic heterocycles. The molecular weight excluding hydrogens is 232 g/mol. The second kappa shape index (κ2) is 4.18. The quantitative estimate of drug-likeness (QED) is 0.770. The molecule has 0 aliphatic carbocycles. The molecule has 0 radical (unpaired) electrons. The third-order valence-corrected chi connectivity index (χ3v) is 3.37. The highest BCUT2D eigenvalue weighted by Gasteiger charge is 2.01. The van der Waals surface area contributed by atoms with Gasteiger partial charge in [-0.1, -0.05) is 18.2 Å². The van der Waals surface area contributed by atoms with Gasteiger partial charge in [0, 0.05) is 23.2 Å². The van der Waals surface area contributed by atoms with Gasteiger partial charge in [0.15, 0.2) is 0 Å². The summed E-state index contributed by atoms with van der Waals surface area (Å²) < 4.78 is 6.30. The van der Waals surface area contributed by atoms with E-state index < -0.39 is 0 Å². The van der Waals surface area contributed by atoms with Crippen molar-refractivity contribution in [3.05, 3.63) is 42.4 Å². The van der Waals surface area contributed by atoms with Gasteiger partial charge in [0.1, 0.15) is 5.82 Å². The van der Waals surface area contributed by atoms with Crippen molar-refractivity contribution in [2.45, 2.75) is 13.6 Å². The first-order chi connectivity index (χ1) is 8.33. The highest BCUT2D eigenvalue weighted by molar-refractivity contribution is 7.09. The van der Waals surface area contributed by atoms with Crippen LogP contribution in [0.1, 0.15) is 5.82 Å². The maximum atomic E-state index is 4.27. The van der Waals surface area contributed by atoms with Gasteiger partial charge < -0.3 is 9.88 Å².